The number of benzene rings is 1. The first-order chi connectivity index (χ1) is 10.9. The van der Waals surface area contributed by atoms with Crippen molar-refractivity contribution in [3.05, 3.63) is 50.2 Å². The van der Waals surface area contributed by atoms with Crippen molar-refractivity contribution in [3.63, 3.8) is 0 Å². The summed E-state index contributed by atoms with van der Waals surface area (Å²) in [6.07, 6.45) is 10.2. The molecule has 0 aromatic heterocycles. The Morgan fingerprint density at radius 1 is 0.778 bits per heavy atom. The van der Waals surface area contributed by atoms with Crippen LogP contribution >= 0.6 is 0 Å². The Bertz CT molecular complexity index is 650. The summed E-state index contributed by atoms with van der Waals surface area (Å²) < 4.78 is 0. The Hall–Kier alpha value is 0.501. The van der Waals surface area contributed by atoms with E-state index in [0.717, 1.165) is 0 Å². The second kappa shape index (κ2) is 14.5. The number of allylic oxidation sites excluding steroid dienone is 4. The van der Waals surface area contributed by atoms with Gasteiger partial charge < -0.3 is 37.2 Å². The summed E-state index contributed by atoms with van der Waals surface area (Å²) in [5.41, 5.74) is 10.6. The fourth-order valence-corrected chi connectivity index (χ4v) is 6.05. The number of rotatable bonds is 6. The third-order valence-electron chi connectivity index (χ3n) is 5.95. The summed E-state index contributed by atoms with van der Waals surface area (Å²) in [5, 5.41) is 3.42. The molecule has 0 saturated heterocycles. The van der Waals surface area contributed by atoms with Gasteiger partial charge in [0.25, 0.3) is 0 Å². The van der Waals surface area contributed by atoms with E-state index in [1.54, 1.807) is 27.1 Å². The fourth-order valence-electron chi connectivity index (χ4n) is 3.78. The van der Waals surface area contributed by atoms with Gasteiger partial charge in [-0.15, -0.1) is 0 Å². The minimum absolute atomic E-state index is 0. The van der Waals surface area contributed by atoms with E-state index < -0.39 is 0 Å². The van der Waals surface area contributed by atoms with Crippen molar-refractivity contribution in [1.82, 2.24) is 0 Å². The second-order valence-corrected chi connectivity index (χ2v) is 9.29. The quantitative estimate of drug-likeness (QED) is 0.222. The van der Waals surface area contributed by atoms with Crippen molar-refractivity contribution in [2.24, 2.45) is 0 Å². The molecule has 1 aromatic carbocycles. The number of hydrogen-bond donors (Lipinski definition) is 0. The molecule has 0 aliphatic heterocycles. The van der Waals surface area contributed by atoms with Gasteiger partial charge in [-0.05, 0) is 60.8 Å². The zero-order valence-electron chi connectivity index (χ0n) is 17.9. The summed E-state index contributed by atoms with van der Waals surface area (Å²) in [6.45, 7) is 16.1. The molecule has 5 heteroatoms. The van der Waals surface area contributed by atoms with Crippen LogP contribution in [0.4, 0.5) is 0 Å². The molecular formula is C22H33Cl3SiTi. The van der Waals surface area contributed by atoms with Gasteiger partial charge in [-0.3, -0.25) is 0 Å². The summed E-state index contributed by atoms with van der Waals surface area (Å²) >= 11 is 0. The third-order valence-corrected chi connectivity index (χ3v) is 8.57. The van der Waals surface area contributed by atoms with Gasteiger partial charge in [0.1, 0.15) is 0 Å². The van der Waals surface area contributed by atoms with Crippen LogP contribution in [0.25, 0.3) is 0 Å². The zero-order valence-corrected chi connectivity index (χ0v) is 23.1. The zero-order chi connectivity index (χ0) is 17.1. The van der Waals surface area contributed by atoms with E-state index in [9.17, 15) is 0 Å². The maximum atomic E-state index is 3.69. The largest absolute Gasteiger partial charge is 4.00 e. The third kappa shape index (κ3) is 7.68. The fraction of sp³-hybridized carbons (Fsp3) is 0.545. The molecule has 2 rings (SSSR count). The van der Waals surface area contributed by atoms with Crippen LogP contribution in [0, 0.1) is 40.7 Å². The van der Waals surface area contributed by atoms with Gasteiger partial charge >= 0.3 is 21.7 Å². The van der Waals surface area contributed by atoms with Crippen LogP contribution in [-0.2, 0) is 21.7 Å². The van der Waals surface area contributed by atoms with Gasteiger partial charge in [0.05, 0.1) is 0 Å². The Morgan fingerprint density at radius 2 is 1.26 bits per heavy atom. The average molecular weight is 480 g/mol. The molecule has 1 aliphatic carbocycles. The molecule has 0 nitrogen and oxygen atoms in total. The molecule has 0 fully saturated rings. The second-order valence-electron chi connectivity index (χ2n) is 7.37. The van der Waals surface area contributed by atoms with Gasteiger partial charge in [-0.2, -0.15) is 5.57 Å². The van der Waals surface area contributed by atoms with Crippen LogP contribution < -0.4 is 42.4 Å². The molecule has 0 atom stereocenters. The van der Waals surface area contributed by atoms with Crippen molar-refractivity contribution < 1.29 is 58.9 Å². The molecule has 0 bridgehead atoms. The molecular weight excluding hydrogens is 447 g/mol. The molecule has 0 radical (unpaired) electrons. The van der Waals surface area contributed by atoms with E-state index in [0.29, 0.717) is 0 Å². The summed E-state index contributed by atoms with van der Waals surface area (Å²) in [4.78, 5) is 0. The molecule has 27 heavy (non-hydrogen) atoms. The van der Waals surface area contributed by atoms with E-state index in [2.05, 4.69) is 54.5 Å². The molecule has 1 aromatic rings. The van der Waals surface area contributed by atoms with Gasteiger partial charge in [0, 0.05) is 0 Å². The Balaban J connectivity index is -0.00000144. The van der Waals surface area contributed by atoms with Gasteiger partial charge in [0.15, 0.2) is 0 Å². The van der Waals surface area contributed by atoms with E-state index in [-0.39, 0.29) is 68.5 Å². The van der Waals surface area contributed by atoms with Crippen LogP contribution in [0.2, 0.25) is 0 Å². The molecule has 150 valence electrons. The first kappa shape index (κ1) is 32.2. The Labute approximate surface area is 203 Å². The molecule has 0 N–H and O–H groups in total. The molecule has 0 amide bonds. The average Bonchev–Trinajstić information content (AvgIpc) is 2.88. The first-order valence-corrected chi connectivity index (χ1v) is 10.6. The van der Waals surface area contributed by atoms with E-state index in [1.165, 1.54) is 54.4 Å². The number of unbranched alkanes of at least 4 members (excludes halogenated alkanes) is 2. The minimum Gasteiger partial charge on any atom is -1.00 e. The topological polar surface area (TPSA) is 0 Å². The minimum atomic E-state index is -0.363. The Morgan fingerprint density at radius 3 is 1.74 bits per heavy atom. The van der Waals surface area contributed by atoms with Gasteiger partial charge in [0.2, 0.25) is 0 Å². The Kier molecular flexibility index (Phi) is 17.3. The van der Waals surface area contributed by atoms with Crippen molar-refractivity contribution in [1.29, 1.82) is 0 Å². The van der Waals surface area contributed by atoms with Crippen LogP contribution in [0.1, 0.15) is 73.8 Å². The number of halogens is 3. The van der Waals surface area contributed by atoms with Gasteiger partial charge in [-0.25, -0.2) is 16.8 Å². The SMILES string of the molecule is CCCCCC1=[C-]C(C)=C([SiH2]c2c(C)c(C)c(C)c(C)c2C)C1.[Cl-].[Cl-].[Cl-].[Ti+4]. The maximum Gasteiger partial charge on any atom is 4.00 e. The van der Waals surface area contributed by atoms with E-state index in [1.807, 2.05) is 0 Å². The summed E-state index contributed by atoms with van der Waals surface area (Å²) in [5.74, 6) is 0. The van der Waals surface area contributed by atoms with Crippen LogP contribution in [0.15, 0.2) is 16.3 Å². The standard InChI is InChI=1S/C22H33Si.3ClH.Ti/c1-8-9-10-11-20-12-14(2)21(13-20)23-22-18(6)16(4)15(3)17(5)19(22)7;;;;/h8-11,13,23H2,1-7H3;3*1H;/q-1;;;;+4/p-3. The normalized spacial score (nSPS) is 12.9. The summed E-state index contributed by atoms with van der Waals surface area (Å²) in [6, 6.07) is 0. The van der Waals surface area contributed by atoms with Crippen molar-refractivity contribution in [2.45, 2.75) is 80.6 Å². The molecule has 1 aliphatic rings. The molecule has 0 spiro atoms. The number of hydrogen-bond acceptors (Lipinski definition) is 0. The van der Waals surface area contributed by atoms with Crippen LogP contribution in [-0.4, -0.2) is 9.52 Å². The van der Waals surface area contributed by atoms with Crippen LogP contribution in [0.3, 0.4) is 0 Å². The summed E-state index contributed by atoms with van der Waals surface area (Å²) in [7, 11) is -0.363. The smallest absolute Gasteiger partial charge is 1.00 e. The predicted octanol–water partition coefficient (Wildman–Crippen LogP) is -3.98. The monoisotopic (exact) mass is 478 g/mol. The van der Waals surface area contributed by atoms with Crippen LogP contribution in [0.5, 0.6) is 0 Å². The van der Waals surface area contributed by atoms with E-state index in [4.69, 9.17) is 0 Å². The molecule has 0 unspecified atom stereocenters. The predicted molar refractivity (Wildman–Crippen MR) is 107 cm³/mol. The molecule has 0 heterocycles. The van der Waals surface area contributed by atoms with Crippen molar-refractivity contribution in [2.75, 3.05) is 0 Å². The first-order valence-electron chi connectivity index (χ1n) is 9.22. The van der Waals surface area contributed by atoms with Crippen molar-refractivity contribution >= 4 is 14.7 Å². The molecule has 0 saturated carbocycles. The van der Waals surface area contributed by atoms with Crippen molar-refractivity contribution in [3.8, 4) is 0 Å². The maximum absolute atomic E-state index is 3.69. The van der Waals surface area contributed by atoms with E-state index >= 15 is 0 Å². The van der Waals surface area contributed by atoms with Gasteiger partial charge in [-0.1, -0.05) is 62.3 Å².